The average molecular weight is 414 g/mol. The standard InChI is InChI=1S/C22H31BN2O5/c1-20(2,3)28-19(27)24-12-16(13-24)25-11-14-8-9-15(10-17(14)18(25)26)23-29-21(4,5)22(6,7)30-23/h8-10,16H,11-13H2,1-7H3. The Morgan fingerprint density at radius 3 is 2.30 bits per heavy atom. The van der Waals surface area contributed by atoms with E-state index in [1.807, 2.05) is 71.6 Å². The van der Waals surface area contributed by atoms with E-state index in [0.29, 0.717) is 25.2 Å². The number of fused-ring (bicyclic) bond motifs is 1. The van der Waals surface area contributed by atoms with Crippen molar-refractivity contribution in [2.45, 2.75) is 77.9 Å². The minimum Gasteiger partial charge on any atom is -0.444 e. The molecule has 0 unspecified atom stereocenters. The van der Waals surface area contributed by atoms with E-state index in [4.69, 9.17) is 14.0 Å². The molecule has 162 valence electrons. The summed E-state index contributed by atoms with van der Waals surface area (Å²) in [5.74, 6) is -0.00259. The molecule has 0 aromatic heterocycles. The second-order valence-corrected chi connectivity index (χ2v) is 10.5. The maximum atomic E-state index is 13.1. The highest BCUT2D eigenvalue weighted by molar-refractivity contribution is 6.62. The van der Waals surface area contributed by atoms with Crippen molar-refractivity contribution in [2.24, 2.45) is 0 Å². The van der Waals surface area contributed by atoms with E-state index in [1.165, 1.54) is 0 Å². The van der Waals surface area contributed by atoms with Crippen LogP contribution in [-0.2, 0) is 20.6 Å². The summed E-state index contributed by atoms with van der Waals surface area (Å²) >= 11 is 0. The zero-order chi connectivity index (χ0) is 22.1. The van der Waals surface area contributed by atoms with Crippen LogP contribution in [0.1, 0.15) is 64.4 Å². The fourth-order valence-electron chi connectivity index (χ4n) is 3.89. The fourth-order valence-corrected chi connectivity index (χ4v) is 3.89. The van der Waals surface area contributed by atoms with Gasteiger partial charge in [0.15, 0.2) is 0 Å². The van der Waals surface area contributed by atoms with E-state index in [-0.39, 0.29) is 18.0 Å². The van der Waals surface area contributed by atoms with Crippen LogP contribution in [0.15, 0.2) is 18.2 Å². The number of hydrogen-bond acceptors (Lipinski definition) is 5. The van der Waals surface area contributed by atoms with Gasteiger partial charge in [-0.15, -0.1) is 0 Å². The van der Waals surface area contributed by atoms with Crippen LogP contribution in [0.4, 0.5) is 4.79 Å². The van der Waals surface area contributed by atoms with E-state index in [9.17, 15) is 9.59 Å². The Labute approximate surface area is 178 Å². The van der Waals surface area contributed by atoms with Gasteiger partial charge in [-0.3, -0.25) is 4.79 Å². The van der Waals surface area contributed by atoms with Crippen molar-refractivity contribution in [3.63, 3.8) is 0 Å². The fraction of sp³-hybridized carbons (Fsp3) is 0.636. The Bertz CT molecular complexity index is 870. The molecular formula is C22H31BN2O5. The lowest BCUT2D eigenvalue weighted by molar-refractivity contribution is -0.0125. The highest BCUT2D eigenvalue weighted by atomic mass is 16.7. The third-order valence-electron chi connectivity index (χ3n) is 6.45. The molecule has 0 aliphatic carbocycles. The van der Waals surface area contributed by atoms with Gasteiger partial charge in [-0.2, -0.15) is 0 Å². The average Bonchev–Trinajstić information content (AvgIpc) is 2.98. The van der Waals surface area contributed by atoms with Crippen molar-refractivity contribution < 1.29 is 23.6 Å². The molecule has 2 saturated heterocycles. The van der Waals surface area contributed by atoms with Gasteiger partial charge in [0.25, 0.3) is 5.91 Å². The van der Waals surface area contributed by atoms with Crippen LogP contribution in [0, 0.1) is 0 Å². The van der Waals surface area contributed by atoms with Gasteiger partial charge >= 0.3 is 13.2 Å². The molecule has 4 rings (SSSR count). The Balaban J connectivity index is 1.42. The molecule has 0 saturated carbocycles. The molecule has 1 aromatic carbocycles. The van der Waals surface area contributed by atoms with E-state index in [0.717, 1.165) is 11.0 Å². The van der Waals surface area contributed by atoms with Gasteiger partial charge in [0.1, 0.15) is 5.60 Å². The molecule has 0 radical (unpaired) electrons. The Morgan fingerprint density at radius 1 is 1.13 bits per heavy atom. The number of ether oxygens (including phenoxy) is 1. The first-order chi connectivity index (χ1) is 13.8. The molecule has 30 heavy (non-hydrogen) atoms. The molecule has 3 heterocycles. The summed E-state index contributed by atoms with van der Waals surface area (Å²) in [7, 11) is -0.492. The lowest BCUT2D eigenvalue weighted by Gasteiger charge is -2.43. The molecule has 2 fully saturated rings. The normalized spacial score (nSPS) is 22.9. The van der Waals surface area contributed by atoms with Crippen molar-refractivity contribution in [3.05, 3.63) is 29.3 Å². The maximum Gasteiger partial charge on any atom is 0.494 e. The topological polar surface area (TPSA) is 68.3 Å². The molecule has 0 N–H and O–H groups in total. The van der Waals surface area contributed by atoms with Crippen LogP contribution in [0.3, 0.4) is 0 Å². The molecule has 3 aliphatic rings. The summed E-state index contributed by atoms with van der Waals surface area (Å²) in [5, 5.41) is 0. The lowest BCUT2D eigenvalue weighted by atomic mass is 9.78. The van der Waals surface area contributed by atoms with E-state index >= 15 is 0 Å². The monoisotopic (exact) mass is 414 g/mol. The quantitative estimate of drug-likeness (QED) is 0.696. The van der Waals surface area contributed by atoms with Crippen molar-refractivity contribution >= 4 is 24.6 Å². The van der Waals surface area contributed by atoms with Crippen LogP contribution in [0.5, 0.6) is 0 Å². The Hall–Kier alpha value is -2.06. The van der Waals surface area contributed by atoms with Crippen LogP contribution >= 0.6 is 0 Å². The zero-order valence-electron chi connectivity index (χ0n) is 18.9. The van der Waals surface area contributed by atoms with Crippen molar-refractivity contribution in [1.82, 2.24) is 9.80 Å². The third kappa shape index (κ3) is 3.60. The first-order valence-electron chi connectivity index (χ1n) is 10.5. The summed E-state index contributed by atoms with van der Waals surface area (Å²) in [4.78, 5) is 28.7. The number of carbonyl (C=O) groups excluding carboxylic acids is 2. The second-order valence-electron chi connectivity index (χ2n) is 10.5. The second kappa shape index (κ2) is 6.72. The van der Waals surface area contributed by atoms with E-state index in [1.54, 1.807) is 4.90 Å². The van der Waals surface area contributed by atoms with Crippen molar-refractivity contribution in [2.75, 3.05) is 13.1 Å². The molecule has 0 bridgehead atoms. The van der Waals surface area contributed by atoms with Gasteiger partial charge in [-0.25, -0.2) is 4.79 Å². The van der Waals surface area contributed by atoms with Crippen LogP contribution < -0.4 is 5.46 Å². The molecule has 2 amide bonds. The van der Waals surface area contributed by atoms with Crippen LogP contribution in [0.2, 0.25) is 0 Å². The highest BCUT2D eigenvalue weighted by Crippen LogP contribution is 2.37. The van der Waals surface area contributed by atoms with E-state index in [2.05, 4.69) is 0 Å². The van der Waals surface area contributed by atoms with Crippen LogP contribution in [0.25, 0.3) is 0 Å². The number of benzene rings is 1. The number of likely N-dealkylation sites (tertiary alicyclic amines) is 1. The molecule has 1 aromatic rings. The van der Waals surface area contributed by atoms with Gasteiger partial charge in [0.05, 0.1) is 17.2 Å². The van der Waals surface area contributed by atoms with Gasteiger partial charge in [0, 0.05) is 25.2 Å². The minimum absolute atomic E-state index is 0.00259. The number of carbonyl (C=O) groups is 2. The predicted octanol–water partition coefficient (Wildman–Crippen LogP) is 2.56. The number of rotatable bonds is 2. The number of amides is 2. The zero-order valence-corrected chi connectivity index (χ0v) is 18.9. The first-order valence-corrected chi connectivity index (χ1v) is 10.5. The molecule has 8 heteroatoms. The van der Waals surface area contributed by atoms with Gasteiger partial charge in [-0.1, -0.05) is 12.1 Å². The van der Waals surface area contributed by atoms with Gasteiger partial charge in [0.2, 0.25) is 0 Å². The Kier molecular flexibility index (Phi) is 4.75. The van der Waals surface area contributed by atoms with Gasteiger partial charge < -0.3 is 23.8 Å². The third-order valence-corrected chi connectivity index (χ3v) is 6.45. The summed E-state index contributed by atoms with van der Waals surface area (Å²) < 4.78 is 17.7. The summed E-state index contributed by atoms with van der Waals surface area (Å²) in [6.07, 6.45) is -0.328. The SMILES string of the molecule is CC(C)(C)OC(=O)N1CC(N2Cc3ccc(B4OC(C)(C)C(C)(C)O4)cc3C2=O)C1. The maximum absolute atomic E-state index is 13.1. The molecular weight excluding hydrogens is 383 g/mol. The lowest BCUT2D eigenvalue weighted by Crippen LogP contribution is -2.61. The van der Waals surface area contributed by atoms with E-state index < -0.39 is 23.9 Å². The van der Waals surface area contributed by atoms with Crippen molar-refractivity contribution in [3.8, 4) is 0 Å². The smallest absolute Gasteiger partial charge is 0.444 e. The molecule has 0 atom stereocenters. The minimum atomic E-state index is -0.522. The Morgan fingerprint density at radius 2 is 1.73 bits per heavy atom. The summed E-state index contributed by atoms with van der Waals surface area (Å²) in [6, 6.07) is 5.87. The molecule has 0 spiro atoms. The summed E-state index contributed by atoms with van der Waals surface area (Å²) in [6.45, 7) is 15.2. The largest absolute Gasteiger partial charge is 0.494 e. The van der Waals surface area contributed by atoms with Crippen LogP contribution in [-0.4, -0.2) is 64.9 Å². The molecule has 7 nitrogen and oxygen atoms in total. The summed E-state index contributed by atoms with van der Waals surface area (Å²) in [5.41, 5.74) is 1.17. The number of hydrogen-bond donors (Lipinski definition) is 0. The highest BCUT2D eigenvalue weighted by Gasteiger charge is 2.52. The molecule has 3 aliphatic heterocycles. The predicted molar refractivity (Wildman–Crippen MR) is 114 cm³/mol. The number of nitrogens with zero attached hydrogens (tertiary/aromatic N) is 2. The van der Waals surface area contributed by atoms with Gasteiger partial charge in [-0.05, 0) is 65.6 Å². The van der Waals surface area contributed by atoms with Crippen molar-refractivity contribution in [1.29, 1.82) is 0 Å². The first kappa shape index (κ1) is 21.2.